The molecule has 0 radical (unpaired) electrons. The first-order valence-corrected chi connectivity index (χ1v) is 5.39. The van der Waals surface area contributed by atoms with Crippen LogP contribution in [0.1, 0.15) is 17.3 Å². The number of halogens is 1. The SMILES string of the molecule is COCC(C)CNC(=O)c1ccncc1Cl. The second-order valence-corrected chi connectivity index (χ2v) is 4.03. The Morgan fingerprint density at radius 2 is 2.44 bits per heavy atom. The smallest absolute Gasteiger partial charge is 0.252 e. The normalized spacial score (nSPS) is 12.2. The summed E-state index contributed by atoms with van der Waals surface area (Å²) in [5.74, 6) is 0.0879. The Labute approximate surface area is 100.0 Å². The number of carbonyl (C=O) groups is 1. The zero-order chi connectivity index (χ0) is 12.0. The maximum Gasteiger partial charge on any atom is 0.252 e. The molecule has 4 nitrogen and oxygen atoms in total. The lowest BCUT2D eigenvalue weighted by Gasteiger charge is -2.11. The van der Waals surface area contributed by atoms with Gasteiger partial charge in [0, 0.05) is 26.0 Å². The minimum absolute atomic E-state index is 0.185. The summed E-state index contributed by atoms with van der Waals surface area (Å²) in [5.41, 5.74) is 0.446. The van der Waals surface area contributed by atoms with Crippen LogP contribution in [0.2, 0.25) is 5.02 Å². The van der Waals surface area contributed by atoms with Crippen molar-refractivity contribution in [2.75, 3.05) is 20.3 Å². The molecule has 1 rings (SSSR count). The number of methoxy groups -OCH3 is 1. The Balaban J connectivity index is 2.50. The highest BCUT2D eigenvalue weighted by atomic mass is 35.5. The summed E-state index contributed by atoms with van der Waals surface area (Å²) in [5, 5.41) is 3.15. The van der Waals surface area contributed by atoms with Crippen LogP contribution < -0.4 is 5.32 Å². The Bertz CT molecular complexity index is 358. The summed E-state index contributed by atoms with van der Waals surface area (Å²) in [6, 6.07) is 1.60. The largest absolute Gasteiger partial charge is 0.384 e. The molecule has 0 spiro atoms. The third-order valence-corrected chi connectivity index (χ3v) is 2.38. The molecule has 0 aliphatic rings. The Hall–Kier alpha value is -1.13. The topological polar surface area (TPSA) is 51.2 Å². The monoisotopic (exact) mass is 242 g/mol. The summed E-state index contributed by atoms with van der Waals surface area (Å²) in [6.07, 6.45) is 2.99. The first-order chi connectivity index (χ1) is 7.65. The van der Waals surface area contributed by atoms with Gasteiger partial charge in [-0.05, 0) is 12.0 Å². The van der Waals surface area contributed by atoms with Gasteiger partial charge in [-0.15, -0.1) is 0 Å². The van der Waals surface area contributed by atoms with Gasteiger partial charge in [0.1, 0.15) is 0 Å². The van der Waals surface area contributed by atoms with Gasteiger partial charge in [0.15, 0.2) is 0 Å². The number of aromatic nitrogens is 1. The molecule has 1 aromatic heterocycles. The van der Waals surface area contributed by atoms with Crippen LogP contribution in [0.4, 0.5) is 0 Å². The van der Waals surface area contributed by atoms with Crippen molar-refractivity contribution in [1.82, 2.24) is 10.3 Å². The molecule has 16 heavy (non-hydrogen) atoms. The zero-order valence-electron chi connectivity index (χ0n) is 9.37. The van der Waals surface area contributed by atoms with Crippen LogP contribution in [-0.4, -0.2) is 31.2 Å². The number of hydrogen-bond donors (Lipinski definition) is 1. The van der Waals surface area contributed by atoms with E-state index in [1.807, 2.05) is 6.92 Å². The molecule has 1 N–H and O–H groups in total. The molecule has 1 amide bonds. The number of ether oxygens (including phenoxy) is 1. The van der Waals surface area contributed by atoms with E-state index in [-0.39, 0.29) is 11.8 Å². The van der Waals surface area contributed by atoms with E-state index in [4.69, 9.17) is 16.3 Å². The van der Waals surface area contributed by atoms with E-state index in [1.165, 1.54) is 6.20 Å². The molecule has 1 heterocycles. The molecule has 0 aliphatic heterocycles. The maximum absolute atomic E-state index is 11.7. The molecule has 0 saturated carbocycles. The van der Waals surface area contributed by atoms with Gasteiger partial charge in [0.05, 0.1) is 17.2 Å². The van der Waals surface area contributed by atoms with Gasteiger partial charge in [-0.25, -0.2) is 0 Å². The standard InChI is InChI=1S/C11H15ClN2O2/c1-8(7-16-2)5-14-11(15)9-3-4-13-6-10(9)12/h3-4,6,8H,5,7H2,1-2H3,(H,14,15). The van der Waals surface area contributed by atoms with Gasteiger partial charge in [-0.3, -0.25) is 9.78 Å². The number of nitrogens with one attached hydrogen (secondary N) is 1. The third kappa shape index (κ3) is 3.79. The van der Waals surface area contributed by atoms with Crippen molar-refractivity contribution in [1.29, 1.82) is 0 Å². The van der Waals surface area contributed by atoms with E-state index in [0.29, 0.717) is 23.7 Å². The van der Waals surface area contributed by atoms with Gasteiger partial charge < -0.3 is 10.1 Å². The second kappa shape index (κ2) is 6.45. The fourth-order valence-electron chi connectivity index (χ4n) is 1.26. The van der Waals surface area contributed by atoms with Crippen LogP contribution in [-0.2, 0) is 4.74 Å². The van der Waals surface area contributed by atoms with Crippen molar-refractivity contribution in [2.24, 2.45) is 5.92 Å². The Morgan fingerprint density at radius 1 is 1.69 bits per heavy atom. The summed E-state index contributed by atoms with van der Waals surface area (Å²) in [4.78, 5) is 15.5. The van der Waals surface area contributed by atoms with Crippen molar-refractivity contribution in [2.45, 2.75) is 6.92 Å². The lowest BCUT2D eigenvalue weighted by atomic mass is 10.2. The lowest BCUT2D eigenvalue weighted by Crippen LogP contribution is -2.30. The molecule has 1 unspecified atom stereocenters. The van der Waals surface area contributed by atoms with Gasteiger partial charge >= 0.3 is 0 Å². The highest BCUT2D eigenvalue weighted by molar-refractivity contribution is 6.33. The van der Waals surface area contributed by atoms with E-state index < -0.39 is 0 Å². The van der Waals surface area contributed by atoms with Crippen LogP contribution in [0.3, 0.4) is 0 Å². The molecule has 0 bridgehead atoms. The first-order valence-electron chi connectivity index (χ1n) is 5.01. The predicted molar refractivity (Wildman–Crippen MR) is 62.6 cm³/mol. The van der Waals surface area contributed by atoms with Gasteiger partial charge in [0.2, 0.25) is 0 Å². The number of hydrogen-bond acceptors (Lipinski definition) is 3. The van der Waals surface area contributed by atoms with Gasteiger partial charge in [0.25, 0.3) is 5.91 Å². The van der Waals surface area contributed by atoms with Crippen LogP contribution >= 0.6 is 11.6 Å². The third-order valence-electron chi connectivity index (χ3n) is 2.08. The van der Waals surface area contributed by atoms with Crippen molar-refractivity contribution < 1.29 is 9.53 Å². The zero-order valence-corrected chi connectivity index (χ0v) is 10.1. The molecule has 0 aromatic carbocycles. The fourth-order valence-corrected chi connectivity index (χ4v) is 1.47. The quantitative estimate of drug-likeness (QED) is 0.856. The molecule has 0 aliphatic carbocycles. The van der Waals surface area contributed by atoms with Crippen molar-refractivity contribution >= 4 is 17.5 Å². The predicted octanol–water partition coefficient (Wildman–Crippen LogP) is 1.75. The molecule has 0 fully saturated rings. The summed E-state index contributed by atoms with van der Waals surface area (Å²) in [7, 11) is 1.64. The van der Waals surface area contributed by atoms with Crippen molar-refractivity contribution in [3.63, 3.8) is 0 Å². The molecular formula is C11H15ClN2O2. The van der Waals surface area contributed by atoms with Crippen LogP contribution in [0.15, 0.2) is 18.5 Å². The van der Waals surface area contributed by atoms with Crippen LogP contribution in [0.25, 0.3) is 0 Å². The molecular weight excluding hydrogens is 228 g/mol. The Kier molecular flexibility index (Phi) is 5.22. The number of amides is 1. The summed E-state index contributed by atoms with van der Waals surface area (Å²) in [6.45, 7) is 3.17. The maximum atomic E-state index is 11.7. The molecule has 1 aromatic rings. The van der Waals surface area contributed by atoms with E-state index in [2.05, 4.69) is 10.3 Å². The van der Waals surface area contributed by atoms with Gasteiger partial charge in [-0.1, -0.05) is 18.5 Å². The van der Waals surface area contributed by atoms with Crippen LogP contribution in [0, 0.1) is 5.92 Å². The number of nitrogens with zero attached hydrogens (tertiary/aromatic N) is 1. The first kappa shape index (κ1) is 12.9. The minimum Gasteiger partial charge on any atom is -0.384 e. The van der Waals surface area contributed by atoms with E-state index >= 15 is 0 Å². The minimum atomic E-state index is -0.185. The fraction of sp³-hybridized carbons (Fsp3) is 0.455. The van der Waals surface area contributed by atoms with E-state index in [9.17, 15) is 4.79 Å². The number of pyridine rings is 1. The summed E-state index contributed by atoms with van der Waals surface area (Å²) >= 11 is 5.85. The molecule has 0 saturated heterocycles. The van der Waals surface area contributed by atoms with Gasteiger partial charge in [-0.2, -0.15) is 0 Å². The van der Waals surface area contributed by atoms with Crippen molar-refractivity contribution in [3.05, 3.63) is 29.0 Å². The second-order valence-electron chi connectivity index (χ2n) is 3.63. The molecule has 5 heteroatoms. The molecule has 1 atom stereocenters. The average Bonchev–Trinajstić information content (AvgIpc) is 2.27. The average molecular weight is 243 g/mol. The molecule has 88 valence electrons. The van der Waals surface area contributed by atoms with E-state index in [0.717, 1.165) is 0 Å². The highest BCUT2D eigenvalue weighted by Crippen LogP contribution is 2.12. The summed E-state index contributed by atoms with van der Waals surface area (Å²) < 4.78 is 4.98. The van der Waals surface area contributed by atoms with Crippen LogP contribution in [0.5, 0.6) is 0 Å². The highest BCUT2D eigenvalue weighted by Gasteiger charge is 2.10. The Morgan fingerprint density at radius 3 is 3.06 bits per heavy atom. The van der Waals surface area contributed by atoms with Crippen molar-refractivity contribution in [3.8, 4) is 0 Å². The number of carbonyl (C=O) groups excluding carboxylic acids is 1. The number of rotatable bonds is 5. The van der Waals surface area contributed by atoms with E-state index in [1.54, 1.807) is 19.4 Å². The lowest BCUT2D eigenvalue weighted by molar-refractivity contribution is 0.0934.